The first-order valence-electron chi connectivity index (χ1n) is 9.15. The Balaban J connectivity index is 1.65. The van der Waals surface area contributed by atoms with Crippen LogP contribution in [0.1, 0.15) is 5.56 Å². The minimum atomic E-state index is -3.85. The molecule has 0 atom stereocenters. The van der Waals surface area contributed by atoms with Crippen LogP contribution in [0.5, 0.6) is 0 Å². The van der Waals surface area contributed by atoms with E-state index in [1.54, 1.807) is 7.05 Å². The largest absolute Gasteiger partial charge is 0.323 e. The van der Waals surface area contributed by atoms with E-state index in [1.165, 1.54) is 22.6 Å². The first-order valence-corrected chi connectivity index (χ1v) is 10.6. The van der Waals surface area contributed by atoms with Crippen LogP contribution in [-0.2, 0) is 23.5 Å². The summed E-state index contributed by atoms with van der Waals surface area (Å²) in [5.41, 5.74) is 3.53. The molecule has 9 heteroatoms. The van der Waals surface area contributed by atoms with Gasteiger partial charge in [0, 0.05) is 25.5 Å². The first kappa shape index (κ1) is 17.6. The average Bonchev–Trinajstić information content (AvgIpc) is 3.34. The van der Waals surface area contributed by atoms with Crippen molar-refractivity contribution >= 4 is 38.4 Å². The summed E-state index contributed by atoms with van der Waals surface area (Å²) >= 11 is 0. The van der Waals surface area contributed by atoms with Crippen molar-refractivity contribution in [1.82, 2.24) is 19.7 Å². The second-order valence-corrected chi connectivity index (χ2v) is 8.55. The zero-order valence-corrected chi connectivity index (χ0v) is 16.5. The SMILES string of the molecule is Cn1cc(S(=O)(=O)Nc2nc3ccccc3nc2N2CCc3ccccc32)cn1. The summed E-state index contributed by atoms with van der Waals surface area (Å²) in [6, 6.07) is 15.5. The summed E-state index contributed by atoms with van der Waals surface area (Å²) in [5.74, 6) is 0.686. The molecular formula is C20H18N6O2S. The van der Waals surface area contributed by atoms with Crippen molar-refractivity contribution < 1.29 is 8.42 Å². The summed E-state index contributed by atoms with van der Waals surface area (Å²) in [7, 11) is -2.18. The zero-order valence-electron chi connectivity index (χ0n) is 15.6. The van der Waals surface area contributed by atoms with Crippen molar-refractivity contribution in [2.45, 2.75) is 11.3 Å². The highest BCUT2D eigenvalue weighted by atomic mass is 32.2. The molecule has 4 aromatic rings. The van der Waals surface area contributed by atoms with E-state index in [0.717, 1.165) is 12.1 Å². The average molecular weight is 406 g/mol. The maximum Gasteiger partial charge on any atom is 0.266 e. The van der Waals surface area contributed by atoms with E-state index in [4.69, 9.17) is 4.98 Å². The molecule has 1 aliphatic heterocycles. The predicted octanol–water partition coefficient (Wildman–Crippen LogP) is 2.86. The van der Waals surface area contributed by atoms with E-state index in [-0.39, 0.29) is 10.7 Å². The van der Waals surface area contributed by atoms with Gasteiger partial charge < -0.3 is 4.90 Å². The molecule has 0 radical (unpaired) electrons. The van der Waals surface area contributed by atoms with E-state index in [0.29, 0.717) is 23.4 Å². The van der Waals surface area contributed by atoms with Crippen molar-refractivity contribution in [2.75, 3.05) is 16.2 Å². The number of fused-ring (bicyclic) bond motifs is 2. The fourth-order valence-electron chi connectivity index (χ4n) is 3.53. The van der Waals surface area contributed by atoms with Gasteiger partial charge in [-0.3, -0.25) is 9.40 Å². The number of aromatic nitrogens is 4. The molecule has 0 bridgehead atoms. The summed E-state index contributed by atoms with van der Waals surface area (Å²) in [6.45, 7) is 0.702. The molecule has 5 rings (SSSR count). The highest BCUT2D eigenvalue weighted by molar-refractivity contribution is 7.92. The molecular weight excluding hydrogens is 388 g/mol. The van der Waals surface area contributed by atoms with Gasteiger partial charge in [-0.25, -0.2) is 18.4 Å². The van der Waals surface area contributed by atoms with Gasteiger partial charge in [0.25, 0.3) is 10.0 Å². The fraction of sp³-hybridized carbons (Fsp3) is 0.150. The van der Waals surface area contributed by atoms with Gasteiger partial charge in [-0.15, -0.1) is 0 Å². The Labute approximate surface area is 167 Å². The second-order valence-electron chi connectivity index (χ2n) is 6.87. The van der Waals surface area contributed by atoms with Gasteiger partial charge in [-0.1, -0.05) is 30.3 Å². The molecule has 29 heavy (non-hydrogen) atoms. The highest BCUT2D eigenvalue weighted by Crippen LogP contribution is 2.37. The molecule has 2 aromatic carbocycles. The van der Waals surface area contributed by atoms with E-state index < -0.39 is 10.0 Å². The summed E-state index contributed by atoms with van der Waals surface area (Å²) in [4.78, 5) is 11.4. The number of hydrogen-bond acceptors (Lipinski definition) is 6. The Morgan fingerprint density at radius 1 is 1.00 bits per heavy atom. The van der Waals surface area contributed by atoms with Crippen LogP contribution < -0.4 is 9.62 Å². The normalized spacial score (nSPS) is 13.6. The van der Waals surface area contributed by atoms with Crippen LogP contribution in [0.3, 0.4) is 0 Å². The number of anilines is 3. The maximum absolute atomic E-state index is 12.9. The standard InChI is InChI=1S/C20H18N6O2S/c1-25-13-15(12-21-25)29(27,28)24-19-20(23-17-8-4-3-7-16(17)22-19)26-11-10-14-6-2-5-9-18(14)26/h2-9,12-13H,10-11H2,1H3,(H,22,24). The van der Waals surface area contributed by atoms with Crippen molar-refractivity contribution in [2.24, 2.45) is 7.05 Å². The fourth-order valence-corrected chi connectivity index (χ4v) is 4.52. The van der Waals surface area contributed by atoms with Crippen LogP contribution in [0.4, 0.5) is 17.3 Å². The van der Waals surface area contributed by atoms with Crippen LogP contribution in [0.2, 0.25) is 0 Å². The van der Waals surface area contributed by atoms with E-state index in [9.17, 15) is 8.42 Å². The lowest BCUT2D eigenvalue weighted by Gasteiger charge is -2.21. The van der Waals surface area contributed by atoms with Gasteiger partial charge in [0.2, 0.25) is 0 Å². The molecule has 1 aliphatic rings. The molecule has 3 heterocycles. The molecule has 0 unspecified atom stereocenters. The highest BCUT2D eigenvalue weighted by Gasteiger charge is 2.27. The number of rotatable bonds is 4. The summed E-state index contributed by atoms with van der Waals surface area (Å²) in [6.07, 6.45) is 3.61. The van der Waals surface area contributed by atoms with Gasteiger partial charge in [0.1, 0.15) is 4.90 Å². The van der Waals surface area contributed by atoms with Gasteiger partial charge in [-0.2, -0.15) is 5.10 Å². The van der Waals surface area contributed by atoms with Gasteiger partial charge in [0.05, 0.1) is 17.2 Å². The third-order valence-corrected chi connectivity index (χ3v) is 6.21. The maximum atomic E-state index is 12.9. The van der Waals surface area contributed by atoms with Crippen molar-refractivity contribution in [3.8, 4) is 0 Å². The van der Waals surface area contributed by atoms with Crippen LogP contribution in [0.15, 0.2) is 65.8 Å². The lowest BCUT2D eigenvalue weighted by molar-refractivity contribution is 0.601. The lowest BCUT2D eigenvalue weighted by Crippen LogP contribution is -2.21. The minimum absolute atomic E-state index is 0.0720. The van der Waals surface area contributed by atoms with E-state index in [2.05, 4.69) is 20.9 Å². The smallest absolute Gasteiger partial charge is 0.266 e. The molecule has 0 spiro atoms. The molecule has 0 saturated carbocycles. The Kier molecular flexibility index (Phi) is 3.99. The number of benzene rings is 2. The molecule has 0 aliphatic carbocycles. The van der Waals surface area contributed by atoms with Crippen LogP contribution >= 0.6 is 0 Å². The minimum Gasteiger partial charge on any atom is -0.323 e. The number of hydrogen-bond donors (Lipinski definition) is 1. The Morgan fingerprint density at radius 2 is 1.72 bits per heavy atom. The Morgan fingerprint density at radius 3 is 2.48 bits per heavy atom. The van der Waals surface area contributed by atoms with Crippen molar-refractivity contribution in [1.29, 1.82) is 0 Å². The third kappa shape index (κ3) is 3.09. The zero-order chi connectivity index (χ0) is 20.0. The predicted molar refractivity (Wildman–Crippen MR) is 111 cm³/mol. The van der Waals surface area contributed by atoms with E-state index >= 15 is 0 Å². The van der Waals surface area contributed by atoms with Crippen LogP contribution in [0.25, 0.3) is 11.0 Å². The Hall–Kier alpha value is -3.46. The van der Waals surface area contributed by atoms with Crippen LogP contribution in [0, 0.1) is 0 Å². The molecule has 0 amide bonds. The lowest BCUT2D eigenvalue weighted by atomic mass is 10.2. The topological polar surface area (TPSA) is 93.0 Å². The molecule has 8 nitrogen and oxygen atoms in total. The number of sulfonamides is 1. The van der Waals surface area contributed by atoms with Gasteiger partial charge in [-0.05, 0) is 30.2 Å². The van der Waals surface area contributed by atoms with Crippen molar-refractivity contribution in [3.05, 3.63) is 66.5 Å². The van der Waals surface area contributed by atoms with Crippen molar-refractivity contribution in [3.63, 3.8) is 0 Å². The Bertz CT molecular complexity index is 1330. The quantitative estimate of drug-likeness (QED) is 0.560. The molecule has 146 valence electrons. The second kappa shape index (κ2) is 6.56. The first-order chi connectivity index (χ1) is 14.0. The number of nitrogens with one attached hydrogen (secondary N) is 1. The summed E-state index contributed by atoms with van der Waals surface area (Å²) < 4.78 is 29.9. The number of nitrogens with zero attached hydrogens (tertiary/aromatic N) is 5. The molecule has 2 aromatic heterocycles. The molecule has 0 saturated heterocycles. The molecule has 1 N–H and O–H groups in total. The number of aryl methyl sites for hydroxylation is 1. The molecule has 0 fully saturated rings. The van der Waals surface area contributed by atoms with Crippen LogP contribution in [-0.4, -0.2) is 34.7 Å². The van der Waals surface area contributed by atoms with Gasteiger partial charge in [0.15, 0.2) is 11.6 Å². The summed E-state index contributed by atoms with van der Waals surface area (Å²) in [5, 5.41) is 3.96. The van der Waals surface area contributed by atoms with E-state index in [1.807, 2.05) is 47.4 Å². The third-order valence-electron chi connectivity index (χ3n) is 4.92. The monoisotopic (exact) mass is 406 g/mol. The van der Waals surface area contributed by atoms with Gasteiger partial charge >= 0.3 is 0 Å². The number of para-hydroxylation sites is 3.